The fraction of sp³-hybridized carbons (Fsp3) is 0.273. The zero-order chi connectivity index (χ0) is 13.7. The smallest absolute Gasteiger partial charge is 0.326 e. The van der Waals surface area contributed by atoms with Crippen molar-refractivity contribution < 1.29 is 19.1 Å². The number of carbonyl (C=O) groups excluding carboxylic acids is 1. The molecule has 0 aliphatic rings. The van der Waals surface area contributed by atoms with Gasteiger partial charge in [0, 0.05) is 0 Å². The molecule has 1 unspecified atom stereocenters. The standard InChI is InChI=1S/C11H12ClFN2O3/c1-2-7(10(16)17)14-11(18)15-8-5-3-4-6(12)9(8)13/h3-5,7H,2H2,1H3,(H,16,17)(H2,14,15,18). The topological polar surface area (TPSA) is 78.4 Å². The minimum atomic E-state index is -1.15. The highest BCUT2D eigenvalue weighted by atomic mass is 35.5. The van der Waals surface area contributed by atoms with Crippen molar-refractivity contribution >= 4 is 29.3 Å². The lowest BCUT2D eigenvalue weighted by atomic mass is 10.2. The van der Waals surface area contributed by atoms with Gasteiger partial charge in [-0.1, -0.05) is 24.6 Å². The van der Waals surface area contributed by atoms with Crippen LogP contribution < -0.4 is 10.6 Å². The van der Waals surface area contributed by atoms with E-state index < -0.39 is 23.9 Å². The third kappa shape index (κ3) is 3.59. The van der Waals surface area contributed by atoms with Gasteiger partial charge in [0.15, 0.2) is 5.82 Å². The molecule has 0 spiro atoms. The number of nitrogens with one attached hydrogen (secondary N) is 2. The van der Waals surface area contributed by atoms with Gasteiger partial charge in [0.2, 0.25) is 0 Å². The first-order chi connectivity index (χ1) is 8.45. The first-order valence-corrected chi connectivity index (χ1v) is 5.57. The predicted molar refractivity (Wildman–Crippen MR) is 65.3 cm³/mol. The van der Waals surface area contributed by atoms with E-state index in [-0.39, 0.29) is 17.1 Å². The quantitative estimate of drug-likeness (QED) is 0.789. The van der Waals surface area contributed by atoms with Crippen LogP contribution in [0.25, 0.3) is 0 Å². The molecule has 0 radical (unpaired) electrons. The molecule has 1 aromatic rings. The Morgan fingerprint density at radius 3 is 2.72 bits per heavy atom. The predicted octanol–water partition coefficient (Wildman–Crippen LogP) is 2.46. The van der Waals surface area contributed by atoms with Gasteiger partial charge in [-0.05, 0) is 18.6 Å². The largest absolute Gasteiger partial charge is 0.480 e. The molecule has 3 N–H and O–H groups in total. The maximum absolute atomic E-state index is 13.4. The Balaban J connectivity index is 2.70. The zero-order valence-electron chi connectivity index (χ0n) is 9.54. The fourth-order valence-electron chi connectivity index (χ4n) is 1.26. The summed E-state index contributed by atoms with van der Waals surface area (Å²) in [5.41, 5.74) is -0.111. The Labute approximate surface area is 108 Å². The van der Waals surface area contributed by atoms with E-state index in [1.165, 1.54) is 18.2 Å². The van der Waals surface area contributed by atoms with Crippen LogP contribution in [-0.2, 0) is 4.79 Å². The molecule has 2 amide bonds. The molecule has 0 heterocycles. The van der Waals surface area contributed by atoms with Crippen molar-refractivity contribution in [2.24, 2.45) is 0 Å². The molecule has 7 heteroatoms. The number of aliphatic carboxylic acids is 1. The van der Waals surface area contributed by atoms with Crippen LogP contribution in [0, 0.1) is 5.82 Å². The summed E-state index contributed by atoms with van der Waals surface area (Å²) in [7, 11) is 0. The lowest BCUT2D eigenvalue weighted by Gasteiger charge is -2.13. The number of rotatable bonds is 4. The molecule has 1 rings (SSSR count). The normalized spacial score (nSPS) is 11.7. The number of carboxylic acids is 1. The van der Waals surface area contributed by atoms with Crippen LogP contribution in [-0.4, -0.2) is 23.1 Å². The zero-order valence-corrected chi connectivity index (χ0v) is 10.3. The average molecular weight is 275 g/mol. The Hall–Kier alpha value is -1.82. The van der Waals surface area contributed by atoms with Gasteiger partial charge in [-0.15, -0.1) is 0 Å². The SMILES string of the molecule is CCC(NC(=O)Nc1cccc(Cl)c1F)C(=O)O. The Bertz CT molecular complexity index is 468. The molecule has 18 heavy (non-hydrogen) atoms. The van der Waals surface area contributed by atoms with E-state index in [9.17, 15) is 14.0 Å². The van der Waals surface area contributed by atoms with E-state index in [0.29, 0.717) is 0 Å². The van der Waals surface area contributed by atoms with E-state index in [0.717, 1.165) is 0 Å². The second-order valence-corrected chi connectivity index (χ2v) is 3.91. The van der Waals surface area contributed by atoms with Gasteiger partial charge in [0.1, 0.15) is 6.04 Å². The maximum atomic E-state index is 13.4. The summed E-state index contributed by atoms with van der Waals surface area (Å²) < 4.78 is 13.4. The van der Waals surface area contributed by atoms with E-state index in [1.807, 2.05) is 0 Å². The lowest BCUT2D eigenvalue weighted by Crippen LogP contribution is -2.42. The minimum Gasteiger partial charge on any atom is -0.480 e. The molecule has 5 nitrogen and oxygen atoms in total. The Kier molecular flexibility index (Phi) is 4.91. The summed E-state index contributed by atoms with van der Waals surface area (Å²) >= 11 is 5.54. The monoisotopic (exact) mass is 274 g/mol. The molecular formula is C11H12ClFN2O3. The van der Waals surface area contributed by atoms with E-state index in [4.69, 9.17) is 16.7 Å². The number of hydrogen-bond donors (Lipinski definition) is 3. The molecule has 0 saturated heterocycles. The number of urea groups is 1. The van der Waals surface area contributed by atoms with E-state index in [1.54, 1.807) is 6.92 Å². The van der Waals surface area contributed by atoms with Gasteiger partial charge in [-0.2, -0.15) is 0 Å². The highest BCUT2D eigenvalue weighted by Crippen LogP contribution is 2.21. The number of anilines is 1. The van der Waals surface area contributed by atoms with Crippen LogP contribution in [0.4, 0.5) is 14.9 Å². The fourth-order valence-corrected chi connectivity index (χ4v) is 1.43. The van der Waals surface area contributed by atoms with Crippen molar-refractivity contribution in [2.45, 2.75) is 19.4 Å². The third-order valence-corrected chi connectivity index (χ3v) is 2.50. The van der Waals surface area contributed by atoms with Crippen molar-refractivity contribution in [2.75, 3.05) is 5.32 Å². The van der Waals surface area contributed by atoms with Gasteiger partial charge in [0.05, 0.1) is 10.7 Å². The molecule has 98 valence electrons. The van der Waals surface area contributed by atoms with Gasteiger partial charge in [-0.25, -0.2) is 14.0 Å². The number of amides is 2. The van der Waals surface area contributed by atoms with E-state index >= 15 is 0 Å². The van der Waals surface area contributed by atoms with Crippen LogP contribution in [0.1, 0.15) is 13.3 Å². The van der Waals surface area contributed by atoms with Crippen LogP contribution in [0.3, 0.4) is 0 Å². The number of carboxylic acid groups (broad SMARTS) is 1. The Morgan fingerprint density at radius 2 is 2.17 bits per heavy atom. The van der Waals surface area contributed by atoms with Crippen molar-refractivity contribution in [3.63, 3.8) is 0 Å². The van der Waals surface area contributed by atoms with Crippen molar-refractivity contribution in [3.05, 3.63) is 29.0 Å². The van der Waals surface area contributed by atoms with Crippen molar-refractivity contribution in [3.8, 4) is 0 Å². The number of hydrogen-bond acceptors (Lipinski definition) is 2. The summed E-state index contributed by atoms with van der Waals surface area (Å²) in [4.78, 5) is 22.2. The lowest BCUT2D eigenvalue weighted by molar-refractivity contribution is -0.139. The summed E-state index contributed by atoms with van der Waals surface area (Å²) in [6.45, 7) is 1.61. The molecule has 1 aromatic carbocycles. The summed E-state index contributed by atoms with van der Waals surface area (Å²) in [5, 5.41) is 13.0. The molecule has 0 aliphatic carbocycles. The van der Waals surface area contributed by atoms with Gasteiger partial charge in [0.25, 0.3) is 0 Å². The number of carbonyl (C=O) groups is 2. The van der Waals surface area contributed by atoms with Crippen molar-refractivity contribution in [1.82, 2.24) is 5.32 Å². The van der Waals surface area contributed by atoms with Gasteiger partial charge in [-0.3, -0.25) is 0 Å². The molecule has 0 aromatic heterocycles. The first-order valence-electron chi connectivity index (χ1n) is 5.20. The average Bonchev–Trinajstić information content (AvgIpc) is 2.31. The molecular weight excluding hydrogens is 263 g/mol. The third-order valence-electron chi connectivity index (χ3n) is 2.21. The molecule has 1 atom stereocenters. The minimum absolute atomic E-state index is 0.111. The second-order valence-electron chi connectivity index (χ2n) is 3.50. The highest BCUT2D eigenvalue weighted by Gasteiger charge is 2.18. The van der Waals surface area contributed by atoms with Crippen LogP contribution in [0.2, 0.25) is 5.02 Å². The summed E-state index contributed by atoms with van der Waals surface area (Å²) in [5.74, 6) is -1.92. The molecule has 0 saturated carbocycles. The van der Waals surface area contributed by atoms with Crippen LogP contribution in [0.5, 0.6) is 0 Å². The number of benzene rings is 1. The van der Waals surface area contributed by atoms with Crippen LogP contribution >= 0.6 is 11.6 Å². The Morgan fingerprint density at radius 1 is 1.50 bits per heavy atom. The van der Waals surface area contributed by atoms with Gasteiger partial charge < -0.3 is 15.7 Å². The molecule has 0 bridgehead atoms. The second kappa shape index (κ2) is 6.20. The summed E-state index contributed by atoms with van der Waals surface area (Å²) in [6.07, 6.45) is 0.223. The summed E-state index contributed by atoms with van der Waals surface area (Å²) in [6, 6.07) is 2.31. The van der Waals surface area contributed by atoms with E-state index in [2.05, 4.69) is 10.6 Å². The maximum Gasteiger partial charge on any atom is 0.326 e. The molecule has 0 aliphatic heterocycles. The van der Waals surface area contributed by atoms with Crippen LogP contribution in [0.15, 0.2) is 18.2 Å². The highest BCUT2D eigenvalue weighted by molar-refractivity contribution is 6.31. The number of halogens is 2. The molecule has 0 fully saturated rings. The van der Waals surface area contributed by atoms with Gasteiger partial charge >= 0.3 is 12.0 Å². The first kappa shape index (κ1) is 14.2. The van der Waals surface area contributed by atoms with Crippen molar-refractivity contribution in [1.29, 1.82) is 0 Å².